The monoisotopic (exact) mass is 362 g/mol. The Kier molecular flexibility index (Phi) is 5.13. The summed E-state index contributed by atoms with van der Waals surface area (Å²) in [7, 11) is 0. The van der Waals surface area contributed by atoms with Crippen molar-refractivity contribution in [2.45, 2.75) is 82.3 Å². The molecule has 3 amide bonds. The second-order valence-corrected chi connectivity index (χ2v) is 9.47. The molecule has 0 radical (unpaired) electrons. The van der Waals surface area contributed by atoms with E-state index in [0.717, 1.165) is 56.4 Å². The van der Waals surface area contributed by atoms with Crippen LogP contribution in [0.2, 0.25) is 0 Å². The molecule has 4 bridgehead atoms. The largest absolute Gasteiger partial charge is 0.353 e. The summed E-state index contributed by atoms with van der Waals surface area (Å²) in [6.07, 6.45) is 9.89. The van der Waals surface area contributed by atoms with Gasteiger partial charge >= 0.3 is 6.03 Å². The lowest BCUT2D eigenvalue weighted by atomic mass is 9.53. The Morgan fingerprint density at radius 2 is 1.69 bits per heavy atom. The van der Waals surface area contributed by atoms with Gasteiger partial charge in [-0.25, -0.2) is 4.79 Å². The lowest BCUT2D eigenvalue weighted by molar-refractivity contribution is -0.121. The minimum atomic E-state index is -0.0877. The van der Waals surface area contributed by atoms with Crippen molar-refractivity contribution in [1.82, 2.24) is 21.3 Å². The number of carbonyl (C=O) groups is 2. The molecule has 5 aliphatic rings. The predicted octanol–water partition coefficient (Wildman–Crippen LogP) is 1.90. The lowest BCUT2D eigenvalue weighted by Gasteiger charge is -2.56. The van der Waals surface area contributed by atoms with E-state index in [1.165, 1.54) is 19.3 Å². The van der Waals surface area contributed by atoms with Crippen molar-refractivity contribution in [3.05, 3.63) is 0 Å². The maximum absolute atomic E-state index is 12.4. The van der Waals surface area contributed by atoms with E-state index in [9.17, 15) is 9.59 Å². The molecule has 1 heterocycles. The van der Waals surface area contributed by atoms with Crippen LogP contribution in [0.4, 0.5) is 4.79 Å². The van der Waals surface area contributed by atoms with Gasteiger partial charge in [-0.2, -0.15) is 0 Å². The molecule has 5 fully saturated rings. The van der Waals surface area contributed by atoms with Crippen LogP contribution in [-0.4, -0.2) is 42.7 Å². The van der Waals surface area contributed by atoms with Crippen LogP contribution in [0, 0.1) is 17.8 Å². The summed E-state index contributed by atoms with van der Waals surface area (Å²) < 4.78 is 0. The molecule has 5 rings (SSSR count). The van der Waals surface area contributed by atoms with Gasteiger partial charge in [-0.05, 0) is 82.6 Å². The topological polar surface area (TPSA) is 82.3 Å². The third-order valence-corrected chi connectivity index (χ3v) is 7.04. The average molecular weight is 363 g/mol. The number of amides is 3. The normalized spacial score (nSPS) is 40.9. The highest BCUT2D eigenvalue weighted by atomic mass is 16.2. The third-order valence-electron chi connectivity index (χ3n) is 7.04. The molecule has 0 aromatic carbocycles. The highest BCUT2D eigenvalue weighted by molar-refractivity contribution is 5.78. The van der Waals surface area contributed by atoms with Crippen molar-refractivity contribution < 1.29 is 9.59 Å². The molecule has 0 aromatic heterocycles. The Balaban J connectivity index is 1.17. The van der Waals surface area contributed by atoms with E-state index in [-0.39, 0.29) is 23.5 Å². The average Bonchev–Trinajstić information content (AvgIpc) is 2.52. The molecule has 26 heavy (non-hydrogen) atoms. The zero-order valence-corrected chi connectivity index (χ0v) is 16.0. The van der Waals surface area contributed by atoms with Crippen molar-refractivity contribution in [3.8, 4) is 0 Å². The fourth-order valence-electron chi connectivity index (χ4n) is 6.40. The van der Waals surface area contributed by atoms with Gasteiger partial charge in [0.15, 0.2) is 0 Å². The first kappa shape index (κ1) is 18.1. The quantitative estimate of drug-likeness (QED) is 0.603. The van der Waals surface area contributed by atoms with Gasteiger partial charge in [0.1, 0.15) is 0 Å². The van der Waals surface area contributed by atoms with Crippen LogP contribution in [0.1, 0.15) is 64.7 Å². The molecule has 146 valence electrons. The van der Waals surface area contributed by atoms with Crippen molar-refractivity contribution >= 4 is 11.9 Å². The number of rotatable bonds is 5. The standard InChI is InChI=1S/C20H34N4O2/c1-13-6-17(2-4-21-13)23-18(25)3-5-22-19(26)24-20-10-14-7-15(11-20)9-16(8-14)12-20/h13-17,21H,2-12H2,1H3,(H,23,25)(H2,22,24,26). The van der Waals surface area contributed by atoms with Crippen LogP contribution in [0.3, 0.4) is 0 Å². The van der Waals surface area contributed by atoms with Crippen LogP contribution < -0.4 is 21.3 Å². The number of nitrogens with one attached hydrogen (secondary N) is 4. The number of carbonyl (C=O) groups excluding carboxylic acids is 2. The Hall–Kier alpha value is -1.30. The van der Waals surface area contributed by atoms with Crippen molar-refractivity contribution in [3.63, 3.8) is 0 Å². The van der Waals surface area contributed by atoms with E-state index in [4.69, 9.17) is 0 Å². The summed E-state index contributed by atoms with van der Waals surface area (Å²) in [5, 5.41) is 12.7. The van der Waals surface area contributed by atoms with E-state index >= 15 is 0 Å². The van der Waals surface area contributed by atoms with Gasteiger partial charge in [0, 0.05) is 30.6 Å². The zero-order chi connectivity index (χ0) is 18.1. The second kappa shape index (κ2) is 7.37. The van der Waals surface area contributed by atoms with E-state index in [1.54, 1.807) is 0 Å². The summed E-state index contributed by atoms with van der Waals surface area (Å²) in [6.45, 7) is 3.51. The van der Waals surface area contributed by atoms with E-state index in [0.29, 0.717) is 19.0 Å². The molecular formula is C20H34N4O2. The third kappa shape index (κ3) is 4.16. The SMILES string of the molecule is CC1CC(NC(=O)CCNC(=O)NC23CC4CC(CC(C4)C2)C3)CCN1. The fraction of sp³-hybridized carbons (Fsp3) is 0.900. The molecule has 4 saturated carbocycles. The van der Waals surface area contributed by atoms with Crippen LogP contribution in [0.5, 0.6) is 0 Å². The molecule has 2 unspecified atom stereocenters. The van der Waals surface area contributed by atoms with Crippen molar-refractivity contribution in [2.75, 3.05) is 13.1 Å². The molecule has 6 nitrogen and oxygen atoms in total. The summed E-state index contributed by atoms with van der Waals surface area (Å²) in [4.78, 5) is 24.5. The van der Waals surface area contributed by atoms with Gasteiger partial charge < -0.3 is 21.3 Å². The number of hydrogen-bond donors (Lipinski definition) is 4. The maximum atomic E-state index is 12.4. The summed E-state index contributed by atoms with van der Waals surface area (Å²) in [6, 6.07) is 0.632. The summed E-state index contributed by atoms with van der Waals surface area (Å²) >= 11 is 0. The Labute approximate surface area is 156 Å². The van der Waals surface area contributed by atoms with Gasteiger partial charge in [-0.3, -0.25) is 4.79 Å². The molecule has 6 heteroatoms. The zero-order valence-electron chi connectivity index (χ0n) is 16.0. The van der Waals surface area contributed by atoms with Crippen molar-refractivity contribution in [2.24, 2.45) is 17.8 Å². The summed E-state index contributed by atoms with van der Waals surface area (Å²) in [5.74, 6) is 2.50. The molecular weight excluding hydrogens is 328 g/mol. The van der Waals surface area contributed by atoms with E-state index < -0.39 is 0 Å². The predicted molar refractivity (Wildman–Crippen MR) is 101 cm³/mol. The van der Waals surface area contributed by atoms with Gasteiger partial charge in [0.2, 0.25) is 5.91 Å². The molecule has 2 atom stereocenters. The first-order chi connectivity index (χ1) is 12.5. The first-order valence-corrected chi connectivity index (χ1v) is 10.6. The maximum Gasteiger partial charge on any atom is 0.315 e. The highest BCUT2D eigenvalue weighted by Crippen LogP contribution is 2.55. The smallest absolute Gasteiger partial charge is 0.315 e. The minimum absolute atomic E-state index is 0.0341. The highest BCUT2D eigenvalue weighted by Gasteiger charge is 2.51. The molecule has 4 N–H and O–H groups in total. The first-order valence-electron chi connectivity index (χ1n) is 10.6. The molecule has 4 aliphatic carbocycles. The number of urea groups is 1. The molecule has 1 saturated heterocycles. The summed E-state index contributed by atoms with van der Waals surface area (Å²) in [5.41, 5.74) is 0.0341. The number of hydrogen-bond acceptors (Lipinski definition) is 3. The molecule has 0 spiro atoms. The lowest BCUT2D eigenvalue weighted by Crippen LogP contribution is -2.61. The number of piperidine rings is 1. The van der Waals surface area contributed by atoms with E-state index in [1.807, 2.05) is 0 Å². The van der Waals surface area contributed by atoms with Crippen LogP contribution in [-0.2, 0) is 4.79 Å². The van der Waals surface area contributed by atoms with Gasteiger partial charge in [-0.1, -0.05) is 0 Å². The Bertz CT molecular complexity index is 515. The van der Waals surface area contributed by atoms with Crippen LogP contribution >= 0.6 is 0 Å². The molecule has 0 aromatic rings. The fourth-order valence-corrected chi connectivity index (χ4v) is 6.40. The molecule has 1 aliphatic heterocycles. The van der Waals surface area contributed by atoms with Crippen LogP contribution in [0.25, 0.3) is 0 Å². The Morgan fingerprint density at radius 1 is 1.04 bits per heavy atom. The Morgan fingerprint density at radius 3 is 2.31 bits per heavy atom. The van der Waals surface area contributed by atoms with Gasteiger partial charge in [0.05, 0.1) is 0 Å². The second-order valence-electron chi connectivity index (χ2n) is 9.47. The van der Waals surface area contributed by atoms with Gasteiger partial charge in [-0.15, -0.1) is 0 Å². The van der Waals surface area contributed by atoms with E-state index in [2.05, 4.69) is 28.2 Å². The minimum Gasteiger partial charge on any atom is -0.353 e. The van der Waals surface area contributed by atoms with Crippen LogP contribution in [0.15, 0.2) is 0 Å². The van der Waals surface area contributed by atoms with Gasteiger partial charge in [0.25, 0.3) is 0 Å². The van der Waals surface area contributed by atoms with Crippen molar-refractivity contribution in [1.29, 1.82) is 0 Å².